The lowest BCUT2D eigenvalue weighted by atomic mass is 10.1. The Bertz CT molecular complexity index is 1110. The van der Waals surface area contributed by atoms with Crippen molar-refractivity contribution in [1.29, 1.82) is 0 Å². The fraction of sp³-hybridized carbons (Fsp3) is 0.280. The van der Waals surface area contributed by atoms with Gasteiger partial charge >= 0.3 is 6.09 Å². The summed E-state index contributed by atoms with van der Waals surface area (Å²) in [6.07, 6.45) is 2.01. The van der Waals surface area contributed by atoms with E-state index in [4.69, 9.17) is 19.2 Å². The van der Waals surface area contributed by atoms with Crippen molar-refractivity contribution in [2.75, 3.05) is 20.8 Å². The molecule has 3 aromatic rings. The third kappa shape index (κ3) is 4.06. The molecule has 4 rings (SSSR count). The van der Waals surface area contributed by atoms with E-state index in [0.717, 1.165) is 39.9 Å². The molecular formula is C25H26N2O4. The fourth-order valence-electron chi connectivity index (χ4n) is 4.05. The molecule has 0 aliphatic carbocycles. The van der Waals surface area contributed by atoms with Crippen LogP contribution in [-0.4, -0.2) is 48.9 Å². The molecule has 1 aliphatic heterocycles. The first-order valence-electron chi connectivity index (χ1n) is 10.3. The van der Waals surface area contributed by atoms with Crippen LogP contribution in [0.4, 0.5) is 4.79 Å². The van der Waals surface area contributed by atoms with Gasteiger partial charge in [-0.05, 0) is 13.0 Å². The van der Waals surface area contributed by atoms with Gasteiger partial charge in [-0.3, -0.25) is 0 Å². The van der Waals surface area contributed by atoms with Crippen molar-refractivity contribution in [3.63, 3.8) is 0 Å². The Kier molecular flexibility index (Phi) is 5.80. The number of methoxy groups -OCH3 is 2. The van der Waals surface area contributed by atoms with Gasteiger partial charge in [0.15, 0.2) is 0 Å². The molecule has 1 aliphatic rings. The minimum Gasteiger partial charge on any atom is -0.496 e. The van der Waals surface area contributed by atoms with Gasteiger partial charge < -0.3 is 19.1 Å². The Morgan fingerprint density at radius 3 is 2.61 bits per heavy atom. The zero-order chi connectivity index (χ0) is 22.0. The normalized spacial score (nSPS) is 18.1. The summed E-state index contributed by atoms with van der Waals surface area (Å²) >= 11 is 0. The summed E-state index contributed by atoms with van der Waals surface area (Å²) in [6, 6.07) is 15.9. The van der Waals surface area contributed by atoms with Crippen LogP contribution in [0.1, 0.15) is 18.9 Å². The summed E-state index contributed by atoms with van der Waals surface area (Å²) in [5.74, 6) is 1.43. The highest BCUT2D eigenvalue weighted by molar-refractivity contribution is 5.91. The number of amides is 1. The molecule has 0 bridgehead atoms. The zero-order valence-electron chi connectivity index (χ0n) is 18.0. The molecule has 31 heavy (non-hydrogen) atoms. The maximum atomic E-state index is 12.0. The van der Waals surface area contributed by atoms with E-state index in [1.54, 1.807) is 18.1 Å². The Labute approximate surface area is 182 Å². The lowest BCUT2D eigenvalue weighted by molar-refractivity contribution is 0.117. The molecule has 1 aromatic heterocycles. The Hall–Kier alpha value is -3.54. The molecule has 1 saturated heterocycles. The summed E-state index contributed by atoms with van der Waals surface area (Å²) in [7, 11) is 3.03. The van der Waals surface area contributed by atoms with Gasteiger partial charge in [0, 0.05) is 41.1 Å². The topological polar surface area (TPSA) is 60.9 Å². The van der Waals surface area contributed by atoms with E-state index in [1.165, 1.54) is 7.11 Å². The van der Waals surface area contributed by atoms with Crippen LogP contribution < -0.4 is 9.47 Å². The van der Waals surface area contributed by atoms with E-state index >= 15 is 0 Å². The van der Waals surface area contributed by atoms with E-state index in [1.807, 2.05) is 55.5 Å². The molecule has 160 valence electrons. The molecule has 1 amide bonds. The van der Waals surface area contributed by atoms with Gasteiger partial charge in [-0.1, -0.05) is 43.0 Å². The molecule has 0 unspecified atom stereocenters. The quantitative estimate of drug-likeness (QED) is 0.573. The standard InChI is InChI=1S/C25H26N2O4/c1-5-17-12-20-22(14-23(17)29-3)26-21(18-9-7-6-8-10-18)13-24(20)31-19-11-16(2)27(15-19)25(28)30-4/h5-10,12-14,16,19H,1,11,15H2,2-4H3/t16-,19-/m1/s1. The number of ether oxygens (including phenoxy) is 3. The van der Waals surface area contributed by atoms with Gasteiger partial charge in [-0.2, -0.15) is 0 Å². The minimum absolute atomic E-state index is 0.0444. The van der Waals surface area contributed by atoms with Crippen LogP contribution in [-0.2, 0) is 4.74 Å². The smallest absolute Gasteiger partial charge is 0.409 e. The predicted molar refractivity (Wildman–Crippen MR) is 121 cm³/mol. The SMILES string of the molecule is C=Cc1cc2c(O[C@@H]3C[C@@H](C)N(C(=O)OC)C3)cc(-c3ccccc3)nc2cc1OC. The molecule has 2 atom stereocenters. The van der Waals surface area contributed by atoms with E-state index < -0.39 is 0 Å². The number of fused-ring (bicyclic) bond motifs is 1. The summed E-state index contributed by atoms with van der Waals surface area (Å²) in [5.41, 5.74) is 3.45. The number of rotatable bonds is 5. The number of hydrogen-bond donors (Lipinski definition) is 0. The molecule has 6 heteroatoms. The second-order valence-corrected chi connectivity index (χ2v) is 7.63. The summed E-state index contributed by atoms with van der Waals surface area (Å²) in [5, 5.41) is 0.875. The number of likely N-dealkylation sites (tertiary alicyclic amines) is 1. The highest BCUT2D eigenvalue weighted by Crippen LogP contribution is 2.36. The first-order valence-corrected chi connectivity index (χ1v) is 10.3. The number of nitrogens with zero attached hydrogens (tertiary/aromatic N) is 2. The molecule has 0 N–H and O–H groups in total. The fourth-order valence-corrected chi connectivity index (χ4v) is 4.05. The number of hydrogen-bond acceptors (Lipinski definition) is 5. The largest absolute Gasteiger partial charge is 0.496 e. The van der Waals surface area contributed by atoms with Gasteiger partial charge in [-0.15, -0.1) is 0 Å². The van der Waals surface area contributed by atoms with Gasteiger partial charge in [-0.25, -0.2) is 9.78 Å². The van der Waals surface area contributed by atoms with Crippen LogP contribution in [0.15, 0.2) is 55.1 Å². The van der Waals surface area contributed by atoms with Crippen molar-refractivity contribution in [2.24, 2.45) is 0 Å². The maximum Gasteiger partial charge on any atom is 0.409 e. The molecule has 2 heterocycles. The number of pyridine rings is 1. The third-order valence-corrected chi connectivity index (χ3v) is 5.65. The second-order valence-electron chi connectivity index (χ2n) is 7.63. The van der Waals surface area contributed by atoms with Crippen molar-refractivity contribution in [3.8, 4) is 22.8 Å². The van der Waals surface area contributed by atoms with Crippen molar-refractivity contribution in [1.82, 2.24) is 9.88 Å². The van der Waals surface area contributed by atoms with Crippen LogP contribution >= 0.6 is 0 Å². The van der Waals surface area contributed by atoms with Gasteiger partial charge in [0.05, 0.1) is 32.0 Å². The first-order chi connectivity index (χ1) is 15.0. The number of benzene rings is 2. The Morgan fingerprint density at radius 1 is 1.16 bits per heavy atom. The zero-order valence-corrected chi connectivity index (χ0v) is 18.0. The summed E-state index contributed by atoms with van der Waals surface area (Å²) in [6.45, 7) is 6.37. The average Bonchev–Trinajstić information content (AvgIpc) is 3.17. The summed E-state index contributed by atoms with van der Waals surface area (Å²) < 4.78 is 16.9. The van der Waals surface area contributed by atoms with Crippen LogP contribution in [0.25, 0.3) is 28.2 Å². The van der Waals surface area contributed by atoms with Crippen LogP contribution in [0.2, 0.25) is 0 Å². The molecule has 1 fully saturated rings. The van der Waals surface area contributed by atoms with E-state index in [9.17, 15) is 4.79 Å². The van der Waals surface area contributed by atoms with E-state index in [0.29, 0.717) is 12.3 Å². The molecule has 6 nitrogen and oxygen atoms in total. The van der Waals surface area contributed by atoms with E-state index in [-0.39, 0.29) is 18.2 Å². The first kappa shape index (κ1) is 20.7. The minimum atomic E-state index is -0.332. The van der Waals surface area contributed by atoms with Crippen LogP contribution in [0.5, 0.6) is 11.5 Å². The van der Waals surface area contributed by atoms with E-state index in [2.05, 4.69) is 6.58 Å². The third-order valence-electron chi connectivity index (χ3n) is 5.65. The number of carbonyl (C=O) groups is 1. The number of carbonyl (C=O) groups excluding carboxylic acids is 1. The highest BCUT2D eigenvalue weighted by atomic mass is 16.5. The van der Waals surface area contributed by atoms with Gasteiger partial charge in [0.1, 0.15) is 17.6 Å². The molecule has 0 saturated carbocycles. The lowest BCUT2D eigenvalue weighted by Crippen LogP contribution is -2.34. The highest BCUT2D eigenvalue weighted by Gasteiger charge is 2.34. The summed E-state index contributed by atoms with van der Waals surface area (Å²) in [4.78, 5) is 18.6. The maximum absolute atomic E-state index is 12.0. The lowest BCUT2D eigenvalue weighted by Gasteiger charge is -2.19. The Morgan fingerprint density at radius 2 is 1.94 bits per heavy atom. The predicted octanol–water partition coefficient (Wildman–Crippen LogP) is 5.16. The van der Waals surface area contributed by atoms with Crippen molar-refractivity contribution in [2.45, 2.75) is 25.5 Å². The monoisotopic (exact) mass is 418 g/mol. The van der Waals surface area contributed by atoms with Gasteiger partial charge in [0.2, 0.25) is 0 Å². The molecule has 0 spiro atoms. The van der Waals surface area contributed by atoms with Crippen LogP contribution in [0.3, 0.4) is 0 Å². The van der Waals surface area contributed by atoms with Crippen molar-refractivity contribution in [3.05, 3.63) is 60.7 Å². The number of aromatic nitrogens is 1. The van der Waals surface area contributed by atoms with Crippen molar-refractivity contribution < 1.29 is 19.0 Å². The molecule has 2 aromatic carbocycles. The Balaban J connectivity index is 1.78. The second kappa shape index (κ2) is 8.68. The average molecular weight is 418 g/mol. The van der Waals surface area contributed by atoms with Gasteiger partial charge in [0.25, 0.3) is 0 Å². The van der Waals surface area contributed by atoms with Crippen LogP contribution in [0, 0.1) is 0 Å². The molecule has 0 radical (unpaired) electrons. The molecular weight excluding hydrogens is 392 g/mol. The van der Waals surface area contributed by atoms with Crippen molar-refractivity contribution >= 4 is 23.1 Å².